The van der Waals surface area contributed by atoms with E-state index in [0.29, 0.717) is 44.3 Å². The van der Waals surface area contributed by atoms with Crippen molar-refractivity contribution in [2.24, 2.45) is 0 Å². The van der Waals surface area contributed by atoms with Crippen molar-refractivity contribution in [1.82, 2.24) is 30.0 Å². The van der Waals surface area contributed by atoms with Crippen molar-refractivity contribution in [3.8, 4) is 11.4 Å². The number of hydrogen-bond acceptors (Lipinski definition) is 10. The van der Waals surface area contributed by atoms with Gasteiger partial charge in [-0.2, -0.15) is 16.8 Å². The number of hydrogen-bond donors (Lipinski definition) is 2. The molecule has 0 amide bonds. The Morgan fingerprint density at radius 3 is 1.15 bits per heavy atom. The van der Waals surface area contributed by atoms with Gasteiger partial charge in [0, 0.05) is 0 Å². The number of nitrogens with zero attached hydrogens (tertiary/aromatic N) is 6. The second-order valence-corrected chi connectivity index (χ2v) is 14.4. The van der Waals surface area contributed by atoms with E-state index in [9.17, 15) is 35.5 Å². The Hall–Kier alpha value is -6.90. The zero-order valence-electron chi connectivity index (χ0n) is 27.5. The minimum absolute atomic E-state index is 0.00437. The first-order valence-electron chi connectivity index (χ1n) is 15.8. The first-order chi connectivity index (χ1) is 25.9. The summed E-state index contributed by atoms with van der Waals surface area (Å²) < 4.78 is 68.3. The van der Waals surface area contributed by atoms with Gasteiger partial charge in [0.25, 0.3) is 20.2 Å². The molecule has 0 aliphatic rings. The summed E-state index contributed by atoms with van der Waals surface area (Å²) in [6.45, 7) is 0. The summed E-state index contributed by atoms with van der Waals surface area (Å²) in [5.41, 5.74) is 4.16. The van der Waals surface area contributed by atoms with Gasteiger partial charge >= 0.3 is 0 Å². The average molecular weight is 757 g/mol. The Labute approximate surface area is 306 Å². The van der Waals surface area contributed by atoms with Crippen molar-refractivity contribution in [1.29, 1.82) is 0 Å². The molecule has 5 aromatic carbocycles. The average Bonchev–Trinajstić information content (AvgIpc) is 3.80. The number of aromatic nitrogens is 6. The molecule has 0 radical (unpaired) electrons. The largest absolute Gasteiger partial charge is 0.296 e. The molecule has 0 spiro atoms. The van der Waals surface area contributed by atoms with Gasteiger partial charge in [0.2, 0.25) is 0 Å². The molecule has 2 aromatic heterocycles. The quantitative estimate of drug-likeness (QED) is 0.101. The van der Waals surface area contributed by atoms with Crippen molar-refractivity contribution in [2.45, 2.75) is 9.79 Å². The van der Waals surface area contributed by atoms with E-state index in [-0.39, 0.29) is 22.5 Å². The van der Waals surface area contributed by atoms with Crippen LogP contribution in [0.1, 0.15) is 22.3 Å². The van der Waals surface area contributed by atoms with E-state index in [1.807, 2.05) is 11.9 Å². The first-order valence-corrected chi connectivity index (χ1v) is 18.6. The van der Waals surface area contributed by atoms with Crippen molar-refractivity contribution in [2.75, 3.05) is 0 Å². The van der Waals surface area contributed by atoms with Crippen LogP contribution in [0.5, 0.6) is 0 Å². The van der Waals surface area contributed by atoms with Crippen LogP contribution in [0.25, 0.3) is 56.7 Å². The lowest BCUT2D eigenvalue weighted by Gasteiger charge is -2.08. The van der Waals surface area contributed by atoms with Gasteiger partial charge in [-0.1, -0.05) is 72.8 Å². The predicted octanol–water partition coefficient (Wildman–Crippen LogP) is 5.50. The van der Waals surface area contributed by atoms with E-state index in [2.05, 4.69) is 20.4 Å². The standard InChI is InChI=1S/C38H24N6O8S2/c45-23-29(13-9-25-11-19-37(53(47,48)49)35(21-25)43-39-31-5-1-2-6-32(31)40-43)27-15-17-28(18-16-27)30(24-46)14-10-26-12-20-38(54(50,51)52)36(22-26)44-41-33-7-3-4-8-34(33)42-44/h1-22H,(H,47,48,49)(H,50,51,52)/b13-9+,14-10+. The van der Waals surface area contributed by atoms with Crippen LogP contribution < -0.4 is 0 Å². The SMILES string of the molecule is O=C=C(/C=C/c1ccc(S(=O)(=O)O)c(-n2nc3ccccc3n2)c1)c1ccc(C(=C=O)/C=C/c2ccc(S(=O)(=O)O)c(-n3nc4ccccc4n3)c2)cc1. The van der Waals surface area contributed by atoms with Crippen LogP contribution in [-0.2, 0) is 29.8 Å². The molecular formula is C38H24N6O8S2. The molecule has 0 saturated carbocycles. The highest BCUT2D eigenvalue weighted by atomic mass is 32.2. The van der Waals surface area contributed by atoms with Crippen LogP contribution >= 0.6 is 0 Å². The van der Waals surface area contributed by atoms with Crippen LogP contribution in [0.3, 0.4) is 0 Å². The molecule has 7 aromatic rings. The molecule has 0 fully saturated rings. The number of carbonyl (C=O) groups excluding carboxylic acids is 2. The topological polar surface area (TPSA) is 204 Å². The maximum absolute atomic E-state index is 12.2. The number of allylic oxidation sites excluding steroid dienone is 4. The molecule has 16 heteroatoms. The Kier molecular flexibility index (Phi) is 9.37. The molecule has 14 nitrogen and oxygen atoms in total. The van der Waals surface area contributed by atoms with Gasteiger partial charge < -0.3 is 0 Å². The zero-order chi connectivity index (χ0) is 38.0. The molecule has 0 aliphatic heterocycles. The lowest BCUT2D eigenvalue weighted by atomic mass is 10.00. The second kappa shape index (κ2) is 14.3. The number of benzene rings is 5. The Morgan fingerprint density at radius 1 is 0.519 bits per heavy atom. The maximum atomic E-state index is 12.2. The fourth-order valence-electron chi connectivity index (χ4n) is 5.53. The monoisotopic (exact) mass is 756 g/mol. The van der Waals surface area contributed by atoms with Crippen LogP contribution in [0.15, 0.2) is 131 Å². The summed E-state index contributed by atoms with van der Waals surface area (Å²) in [5.74, 6) is 3.77. The third-order valence-corrected chi connectivity index (χ3v) is 9.94. The Bertz CT molecular complexity index is 2740. The third-order valence-electron chi connectivity index (χ3n) is 8.14. The molecule has 0 bridgehead atoms. The van der Waals surface area contributed by atoms with Gasteiger partial charge in [-0.25, -0.2) is 9.59 Å². The first kappa shape index (κ1) is 35.5. The summed E-state index contributed by atoms with van der Waals surface area (Å²) in [6.07, 6.45) is 6.06. The lowest BCUT2D eigenvalue weighted by Crippen LogP contribution is -2.08. The van der Waals surface area contributed by atoms with E-state index in [4.69, 9.17) is 0 Å². The molecule has 54 heavy (non-hydrogen) atoms. The molecule has 0 atom stereocenters. The van der Waals surface area contributed by atoms with Crippen molar-refractivity contribution < 1.29 is 35.5 Å². The smallest absolute Gasteiger partial charge is 0.282 e. The van der Waals surface area contributed by atoms with Crippen LogP contribution in [0.4, 0.5) is 0 Å². The maximum Gasteiger partial charge on any atom is 0.296 e. The number of fused-ring (bicyclic) bond motifs is 2. The van der Waals surface area contributed by atoms with E-state index >= 15 is 0 Å². The minimum atomic E-state index is -4.64. The van der Waals surface area contributed by atoms with Crippen LogP contribution in [0.2, 0.25) is 0 Å². The fourth-order valence-corrected chi connectivity index (χ4v) is 6.82. The summed E-state index contributed by atoms with van der Waals surface area (Å²) in [7, 11) is -9.27. The molecule has 7 rings (SSSR count). The van der Waals surface area contributed by atoms with Crippen LogP contribution in [-0.4, -0.2) is 67.8 Å². The van der Waals surface area contributed by atoms with Crippen molar-refractivity contribution >= 4 is 77.5 Å². The van der Waals surface area contributed by atoms with E-state index in [0.717, 1.165) is 9.59 Å². The van der Waals surface area contributed by atoms with Gasteiger partial charge in [0.15, 0.2) is 0 Å². The molecule has 2 heterocycles. The van der Waals surface area contributed by atoms with Gasteiger partial charge in [0.05, 0.1) is 11.1 Å². The van der Waals surface area contributed by atoms with E-state index in [1.165, 1.54) is 48.6 Å². The summed E-state index contributed by atoms with van der Waals surface area (Å²) in [4.78, 5) is 25.4. The highest BCUT2D eigenvalue weighted by Crippen LogP contribution is 2.26. The Balaban J connectivity index is 1.13. The van der Waals surface area contributed by atoms with E-state index < -0.39 is 30.0 Å². The van der Waals surface area contributed by atoms with Crippen molar-refractivity contribution in [3.05, 3.63) is 144 Å². The van der Waals surface area contributed by atoms with E-state index in [1.54, 1.807) is 84.9 Å². The third kappa shape index (κ3) is 7.37. The minimum Gasteiger partial charge on any atom is -0.282 e. The molecule has 266 valence electrons. The molecule has 0 aliphatic carbocycles. The number of rotatable bonds is 10. The predicted molar refractivity (Wildman–Crippen MR) is 200 cm³/mol. The molecule has 2 N–H and O–H groups in total. The van der Waals surface area contributed by atoms with Crippen LogP contribution in [0, 0.1) is 0 Å². The van der Waals surface area contributed by atoms with Crippen molar-refractivity contribution in [3.63, 3.8) is 0 Å². The second-order valence-electron chi connectivity index (χ2n) is 11.6. The molecule has 0 unspecified atom stereocenters. The van der Waals surface area contributed by atoms with Gasteiger partial charge in [-0.15, -0.1) is 30.0 Å². The summed E-state index contributed by atoms with van der Waals surface area (Å²) in [5, 5.41) is 17.3. The van der Waals surface area contributed by atoms with Gasteiger partial charge in [-0.3, -0.25) is 9.11 Å². The fraction of sp³-hybridized carbons (Fsp3) is 0. The van der Waals surface area contributed by atoms with Gasteiger partial charge in [0.1, 0.15) is 55.1 Å². The highest BCUT2D eigenvalue weighted by Gasteiger charge is 2.21. The zero-order valence-corrected chi connectivity index (χ0v) is 29.2. The molecular weight excluding hydrogens is 733 g/mol. The molecule has 0 saturated heterocycles. The summed E-state index contributed by atoms with van der Waals surface area (Å²) >= 11 is 0. The van der Waals surface area contributed by atoms with Gasteiger partial charge in [-0.05, 0) is 82.9 Å². The normalized spacial score (nSPS) is 12.0. The lowest BCUT2D eigenvalue weighted by molar-refractivity contribution is 0.479. The highest BCUT2D eigenvalue weighted by molar-refractivity contribution is 7.86. The Morgan fingerprint density at radius 2 is 0.852 bits per heavy atom. The summed E-state index contributed by atoms with van der Waals surface area (Å²) in [6, 6.07) is 28.4.